The number of hydrogen-bond donors (Lipinski definition) is 1. The summed E-state index contributed by atoms with van der Waals surface area (Å²) in [4.78, 5) is 10.7. The van der Waals surface area contributed by atoms with Crippen LogP contribution in [0, 0.1) is 10.1 Å². The van der Waals surface area contributed by atoms with E-state index in [-0.39, 0.29) is 23.9 Å². The molecule has 1 saturated heterocycles. The molecule has 0 amide bonds. The van der Waals surface area contributed by atoms with Crippen LogP contribution in [0.2, 0.25) is 0 Å². The van der Waals surface area contributed by atoms with E-state index in [0.717, 1.165) is 5.56 Å². The number of nitrogens with zero attached hydrogens (tertiary/aromatic N) is 1. The summed E-state index contributed by atoms with van der Waals surface area (Å²) in [6.07, 6.45) is 0.239. The van der Waals surface area contributed by atoms with Gasteiger partial charge in [0.15, 0.2) is 5.79 Å². The number of ether oxygens (including phenoxy) is 1. The Bertz CT molecular complexity index is 404. The lowest BCUT2D eigenvalue weighted by Crippen LogP contribution is -2.46. The van der Waals surface area contributed by atoms with Crippen molar-refractivity contribution in [1.82, 2.24) is 0 Å². The molecule has 0 saturated carbocycles. The molecule has 1 aromatic rings. The van der Waals surface area contributed by atoms with Gasteiger partial charge in [-0.25, -0.2) is 0 Å². The molecule has 3 atom stereocenters. The average Bonchev–Trinajstić information content (AvgIpc) is 2.28. The molecule has 0 unspecified atom stereocenters. The highest BCUT2D eigenvalue weighted by atomic mass is 16.7. The summed E-state index contributed by atoms with van der Waals surface area (Å²) in [7, 11) is 0. The van der Waals surface area contributed by atoms with E-state index in [1.165, 1.54) is 0 Å². The predicted octanol–water partition coefficient (Wildman–Crippen LogP) is 1.54. The van der Waals surface area contributed by atoms with Crippen molar-refractivity contribution in [3.63, 3.8) is 0 Å². The van der Waals surface area contributed by atoms with Gasteiger partial charge in [-0.3, -0.25) is 10.1 Å². The Morgan fingerprint density at radius 1 is 1.47 bits per heavy atom. The molecule has 1 N–H and O–H groups in total. The fourth-order valence-corrected chi connectivity index (χ4v) is 2.23. The number of hydrogen-bond acceptors (Lipinski definition) is 4. The van der Waals surface area contributed by atoms with Gasteiger partial charge in [0.25, 0.3) is 0 Å². The summed E-state index contributed by atoms with van der Waals surface area (Å²) in [5.74, 6) is -1.59. The van der Waals surface area contributed by atoms with Crippen LogP contribution in [-0.2, 0) is 4.74 Å². The Morgan fingerprint density at radius 3 is 2.71 bits per heavy atom. The molecule has 2 rings (SSSR count). The molecule has 5 heteroatoms. The minimum Gasteiger partial charge on any atom is -0.366 e. The van der Waals surface area contributed by atoms with E-state index < -0.39 is 11.8 Å². The third kappa shape index (κ3) is 2.62. The second kappa shape index (κ2) is 4.43. The van der Waals surface area contributed by atoms with E-state index in [0.29, 0.717) is 0 Å². The fraction of sp³-hybridized carbons (Fsp3) is 0.500. The maximum Gasteiger partial charge on any atom is 0.243 e. The van der Waals surface area contributed by atoms with Gasteiger partial charge in [0, 0.05) is 11.3 Å². The number of rotatable bonds is 2. The van der Waals surface area contributed by atoms with Crippen molar-refractivity contribution < 1.29 is 14.8 Å². The quantitative estimate of drug-likeness (QED) is 0.625. The summed E-state index contributed by atoms with van der Waals surface area (Å²) < 4.78 is 5.10. The predicted molar refractivity (Wildman–Crippen MR) is 61.2 cm³/mol. The molecular formula is C12H15NO4. The van der Waals surface area contributed by atoms with Gasteiger partial charge in [0.2, 0.25) is 6.04 Å². The summed E-state index contributed by atoms with van der Waals surface area (Å²) in [6.45, 7) is 1.48. The van der Waals surface area contributed by atoms with Gasteiger partial charge >= 0.3 is 0 Å². The van der Waals surface area contributed by atoms with Crippen molar-refractivity contribution >= 4 is 0 Å². The number of aliphatic hydroxyl groups is 1. The largest absolute Gasteiger partial charge is 0.366 e. The lowest BCUT2D eigenvalue weighted by atomic mass is 9.84. The third-order valence-electron chi connectivity index (χ3n) is 3.13. The van der Waals surface area contributed by atoms with Crippen LogP contribution < -0.4 is 0 Å². The van der Waals surface area contributed by atoms with Gasteiger partial charge in [0.1, 0.15) is 6.61 Å². The molecule has 1 aliphatic heterocycles. The molecule has 0 spiro atoms. The Morgan fingerprint density at radius 2 is 2.12 bits per heavy atom. The van der Waals surface area contributed by atoms with Gasteiger partial charge in [0.05, 0.1) is 5.92 Å². The Labute approximate surface area is 99.2 Å². The third-order valence-corrected chi connectivity index (χ3v) is 3.13. The SMILES string of the molecule is C[C@]1(O)C[C@H](c2ccccc2)[C@@H]([N+](=O)[O-])CO1. The smallest absolute Gasteiger partial charge is 0.243 e. The molecule has 17 heavy (non-hydrogen) atoms. The summed E-state index contributed by atoms with van der Waals surface area (Å²) in [6, 6.07) is 8.46. The van der Waals surface area contributed by atoms with Crippen LogP contribution >= 0.6 is 0 Å². The zero-order valence-electron chi connectivity index (χ0n) is 9.57. The molecule has 1 heterocycles. The van der Waals surface area contributed by atoms with Crippen LogP contribution in [0.1, 0.15) is 24.8 Å². The van der Waals surface area contributed by atoms with Crippen LogP contribution in [0.5, 0.6) is 0 Å². The van der Waals surface area contributed by atoms with Gasteiger partial charge in [-0.1, -0.05) is 30.3 Å². The molecule has 1 fully saturated rings. The minimum absolute atomic E-state index is 0.0560. The van der Waals surface area contributed by atoms with Gasteiger partial charge < -0.3 is 9.84 Å². The number of benzene rings is 1. The minimum atomic E-state index is -1.28. The van der Waals surface area contributed by atoms with Crippen molar-refractivity contribution in [2.75, 3.05) is 6.61 Å². The summed E-state index contributed by atoms with van der Waals surface area (Å²) in [5, 5.41) is 20.9. The van der Waals surface area contributed by atoms with Gasteiger partial charge in [-0.15, -0.1) is 0 Å². The lowest BCUT2D eigenvalue weighted by molar-refractivity contribution is -0.542. The van der Waals surface area contributed by atoms with Gasteiger partial charge in [-0.05, 0) is 12.5 Å². The standard InChI is InChI=1S/C12H15NO4/c1-12(14)7-10(9-5-3-2-4-6-9)11(8-17-12)13(15)16/h2-6,10-11,14H,7-8H2,1H3/t10-,11+,12-/m1/s1. The van der Waals surface area contributed by atoms with E-state index in [4.69, 9.17) is 4.74 Å². The Balaban J connectivity index is 2.29. The first kappa shape index (κ1) is 12.0. The van der Waals surface area contributed by atoms with Crippen molar-refractivity contribution in [3.8, 4) is 0 Å². The normalized spacial score (nSPS) is 33.3. The molecular weight excluding hydrogens is 222 g/mol. The lowest BCUT2D eigenvalue weighted by Gasteiger charge is -2.35. The van der Waals surface area contributed by atoms with E-state index in [1.807, 2.05) is 30.3 Å². The van der Waals surface area contributed by atoms with Crippen molar-refractivity contribution in [2.45, 2.75) is 31.1 Å². The molecule has 0 bridgehead atoms. The van der Waals surface area contributed by atoms with Crippen LogP contribution in [0.4, 0.5) is 0 Å². The summed E-state index contributed by atoms with van der Waals surface area (Å²) in [5.41, 5.74) is 0.873. The van der Waals surface area contributed by atoms with E-state index in [9.17, 15) is 15.2 Å². The van der Waals surface area contributed by atoms with Crippen LogP contribution in [0.25, 0.3) is 0 Å². The van der Waals surface area contributed by atoms with E-state index in [2.05, 4.69) is 0 Å². The highest BCUT2D eigenvalue weighted by Crippen LogP contribution is 2.35. The maximum atomic E-state index is 11.0. The first-order valence-electron chi connectivity index (χ1n) is 5.54. The average molecular weight is 237 g/mol. The van der Waals surface area contributed by atoms with Crippen LogP contribution in [0.15, 0.2) is 30.3 Å². The second-order valence-electron chi connectivity index (χ2n) is 4.56. The second-order valence-corrected chi connectivity index (χ2v) is 4.56. The van der Waals surface area contributed by atoms with E-state index >= 15 is 0 Å². The molecule has 0 radical (unpaired) electrons. The highest BCUT2D eigenvalue weighted by molar-refractivity contribution is 5.21. The zero-order valence-corrected chi connectivity index (χ0v) is 9.57. The first-order chi connectivity index (χ1) is 7.99. The van der Waals surface area contributed by atoms with Crippen LogP contribution in [-0.4, -0.2) is 28.5 Å². The van der Waals surface area contributed by atoms with Crippen LogP contribution in [0.3, 0.4) is 0 Å². The van der Waals surface area contributed by atoms with E-state index in [1.54, 1.807) is 6.92 Å². The Hall–Kier alpha value is -1.46. The highest BCUT2D eigenvalue weighted by Gasteiger charge is 2.44. The topological polar surface area (TPSA) is 72.6 Å². The summed E-state index contributed by atoms with van der Waals surface area (Å²) >= 11 is 0. The molecule has 92 valence electrons. The molecule has 5 nitrogen and oxygen atoms in total. The molecule has 1 aliphatic rings. The maximum absolute atomic E-state index is 11.0. The number of nitro groups is 1. The van der Waals surface area contributed by atoms with Crippen molar-refractivity contribution in [3.05, 3.63) is 46.0 Å². The van der Waals surface area contributed by atoms with Crippen molar-refractivity contribution in [2.24, 2.45) is 0 Å². The molecule has 0 aliphatic carbocycles. The molecule has 0 aromatic heterocycles. The zero-order chi connectivity index (χ0) is 12.5. The first-order valence-corrected chi connectivity index (χ1v) is 5.54. The monoisotopic (exact) mass is 237 g/mol. The van der Waals surface area contributed by atoms with Gasteiger partial charge in [-0.2, -0.15) is 0 Å². The van der Waals surface area contributed by atoms with Crippen molar-refractivity contribution in [1.29, 1.82) is 0 Å². The molecule has 1 aromatic carbocycles. The Kier molecular flexibility index (Phi) is 3.13. The fourth-order valence-electron chi connectivity index (χ4n) is 2.23.